The molecule has 4 fully saturated rings. The number of fused-ring (bicyclic) bond motifs is 3. The van der Waals surface area contributed by atoms with Gasteiger partial charge in [-0.1, -0.05) is 6.42 Å². The molecule has 3 heteroatoms. The topological polar surface area (TPSA) is 46.3 Å². The number of piperidine rings is 1. The number of nitrogens with two attached hydrogens (primary N) is 1. The van der Waals surface area contributed by atoms with E-state index in [1.165, 1.54) is 51.4 Å². The van der Waals surface area contributed by atoms with Gasteiger partial charge in [0.15, 0.2) is 0 Å². The normalized spacial score (nSPS) is 46.2. The molecule has 1 aliphatic heterocycles. The first kappa shape index (κ1) is 14.0. The van der Waals surface area contributed by atoms with Gasteiger partial charge in [0.1, 0.15) is 0 Å². The van der Waals surface area contributed by atoms with Gasteiger partial charge in [-0.15, -0.1) is 0 Å². The van der Waals surface area contributed by atoms with Gasteiger partial charge in [0.05, 0.1) is 0 Å². The van der Waals surface area contributed by atoms with Crippen LogP contribution < -0.4 is 5.73 Å². The van der Waals surface area contributed by atoms with E-state index in [4.69, 9.17) is 5.73 Å². The van der Waals surface area contributed by atoms with Crippen LogP contribution in [0.3, 0.4) is 0 Å². The number of rotatable bonds is 1. The minimum atomic E-state index is 0.280. The van der Waals surface area contributed by atoms with E-state index >= 15 is 0 Å². The Hall–Kier alpha value is -0.570. The van der Waals surface area contributed by atoms with Gasteiger partial charge < -0.3 is 10.6 Å². The van der Waals surface area contributed by atoms with Crippen molar-refractivity contribution in [2.75, 3.05) is 13.1 Å². The smallest absolute Gasteiger partial charge is 0.225 e. The molecular weight excluding hydrogens is 260 g/mol. The lowest BCUT2D eigenvalue weighted by Gasteiger charge is -2.48. The van der Waals surface area contributed by atoms with Gasteiger partial charge in [0.2, 0.25) is 5.91 Å². The maximum atomic E-state index is 12.9. The molecule has 5 atom stereocenters. The van der Waals surface area contributed by atoms with Crippen LogP contribution in [0.25, 0.3) is 0 Å². The Balaban J connectivity index is 1.49. The Labute approximate surface area is 128 Å². The molecule has 1 saturated heterocycles. The van der Waals surface area contributed by atoms with E-state index in [0.29, 0.717) is 17.4 Å². The molecule has 3 aliphatic carbocycles. The molecule has 2 N–H and O–H groups in total. The van der Waals surface area contributed by atoms with Crippen molar-refractivity contribution in [3.8, 4) is 0 Å². The van der Waals surface area contributed by atoms with Gasteiger partial charge in [-0.3, -0.25) is 4.79 Å². The number of hydrogen-bond donors (Lipinski definition) is 1. The molecule has 118 valence electrons. The van der Waals surface area contributed by atoms with Gasteiger partial charge in [0, 0.05) is 25.0 Å². The van der Waals surface area contributed by atoms with Crippen LogP contribution in [-0.2, 0) is 4.79 Å². The average molecular weight is 290 g/mol. The van der Waals surface area contributed by atoms with E-state index in [9.17, 15) is 4.79 Å². The van der Waals surface area contributed by atoms with Crippen LogP contribution >= 0.6 is 0 Å². The molecule has 3 saturated carbocycles. The lowest BCUT2D eigenvalue weighted by atomic mass is 9.59. The number of amides is 1. The second kappa shape index (κ2) is 5.26. The second-order valence-corrected chi connectivity index (χ2v) is 8.21. The van der Waals surface area contributed by atoms with Gasteiger partial charge in [-0.25, -0.2) is 0 Å². The van der Waals surface area contributed by atoms with E-state index in [-0.39, 0.29) is 5.92 Å². The fourth-order valence-electron chi connectivity index (χ4n) is 6.20. The fourth-order valence-corrected chi connectivity index (χ4v) is 6.20. The van der Waals surface area contributed by atoms with Crippen molar-refractivity contribution in [2.24, 2.45) is 28.9 Å². The van der Waals surface area contributed by atoms with Crippen LogP contribution in [-0.4, -0.2) is 29.9 Å². The first-order chi connectivity index (χ1) is 10.2. The van der Waals surface area contributed by atoms with Crippen molar-refractivity contribution >= 4 is 5.91 Å². The minimum Gasteiger partial charge on any atom is -0.342 e. The maximum Gasteiger partial charge on any atom is 0.225 e. The summed E-state index contributed by atoms with van der Waals surface area (Å²) in [4.78, 5) is 15.0. The Kier molecular flexibility index (Phi) is 3.52. The van der Waals surface area contributed by atoms with Crippen molar-refractivity contribution in [3.05, 3.63) is 0 Å². The molecule has 21 heavy (non-hydrogen) atoms. The third-order valence-electron chi connectivity index (χ3n) is 7.30. The van der Waals surface area contributed by atoms with Gasteiger partial charge in [-0.2, -0.15) is 0 Å². The third kappa shape index (κ3) is 2.15. The van der Waals surface area contributed by atoms with Gasteiger partial charge >= 0.3 is 0 Å². The van der Waals surface area contributed by atoms with E-state index in [1.54, 1.807) is 0 Å². The highest BCUT2D eigenvalue weighted by atomic mass is 16.2. The Morgan fingerprint density at radius 2 is 1.86 bits per heavy atom. The molecular formula is C18H30N2O. The Bertz CT molecular complexity index is 413. The lowest BCUT2D eigenvalue weighted by molar-refractivity contribution is -0.140. The van der Waals surface area contributed by atoms with Crippen molar-refractivity contribution in [2.45, 2.75) is 70.3 Å². The highest BCUT2D eigenvalue weighted by molar-refractivity contribution is 5.79. The number of carbonyl (C=O) groups is 1. The number of nitrogens with zero attached hydrogens (tertiary/aromatic N) is 1. The summed E-state index contributed by atoms with van der Waals surface area (Å²) >= 11 is 0. The van der Waals surface area contributed by atoms with Crippen LogP contribution in [0, 0.1) is 23.2 Å². The van der Waals surface area contributed by atoms with Crippen LogP contribution in [0.1, 0.15) is 64.2 Å². The first-order valence-electron chi connectivity index (χ1n) is 9.25. The predicted octanol–water partition coefficient (Wildman–Crippen LogP) is 2.93. The number of likely N-dealkylation sites (tertiary alicyclic amines) is 1. The van der Waals surface area contributed by atoms with Crippen molar-refractivity contribution in [1.29, 1.82) is 0 Å². The maximum absolute atomic E-state index is 12.9. The molecule has 0 aromatic heterocycles. The summed E-state index contributed by atoms with van der Waals surface area (Å²) in [6.07, 6.45) is 12.5. The molecule has 4 aliphatic rings. The Morgan fingerprint density at radius 1 is 1.05 bits per heavy atom. The zero-order chi connectivity index (χ0) is 14.4. The van der Waals surface area contributed by atoms with Gasteiger partial charge in [0.25, 0.3) is 0 Å². The zero-order valence-corrected chi connectivity index (χ0v) is 13.2. The van der Waals surface area contributed by atoms with Crippen LogP contribution in [0.2, 0.25) is 0 Å². The minimum absolute atomic E-state index is 0.280. The molecule has 2 bridgehead atoms. The summed E-state index contributed by atoms with van der Waals surface area (Å²) in [5.41, 5.74) is 6.98. The number of carbonyl (C=O) groups excluding carboxylic acids is 1. The Morgan fingerprint density at radius 3 is 2.57 bits per heavy atom. The molecule has 4 rings (SSSR count). The summed E-state index contributed by atoms with van der Waals surface area (Å²) in [5.74, 6) is 2.33. The average Bonchev–Trinajstić information content (AvgIpc) is 3.11. The molecule has 0 radical (unpaired) electrons. The van der Waals surface area contributed by atoms with E-state index in [0.717, 1.165) is 37.8 Å². The highest BCUT2D eigenvalue weighted by Crippen LogP contribution is 2.61. The SMILES string of the molecule is N[C@@H]1C2CCC(C2)[C@]12CCCC(C(=O)N1CCCCC1)C2. The monoisotopic (exact) mass is 290 g/mol. The van der Waals surface area contributed by atoms with E-state index in [1.807, 2.05) is 0 Å². The largest absolute Gasteiger partial charge is 0.342 e. The van der Waals surface area contributed by atoms with Crippen molar-refractivity contribution in [1.82, 2.24) is 4.90 Å². The van der Waals surface area contributed by atoms with E-state index in [2.05, 4.69) is 4.90 Å². The summed E-state index contributed by atoms with van der Waals surface area (Å²) in [6, 6.07) is 0.383. The number of hydrogen-bond acceptors (Lipinski definition) is 2. The molecule has 0 aromatic carbocycles. The predicted molar refractivity (Wildman–Crippen MR) is 83.6 cm³/mol. The van der Waals surface area contributed by atoms with Crippen LogP contribution in [0.5, 0.6) is 0 Å². The third-order valence-corrected chi connectivity index (χ3v) is 7.30. The molecule has 0 aromatic rings. The van der Waals surface area contributed by atoms with Crippen LogP contribution in [0.4, 0.5) is 0 Å². The first-order valence-corrected chi connectivity index (χ1v) is 9.25. The van der Waals surface area contributed by atoms with Crippen LogP contribution in [0.15, 0.2) is 0 Å². The summed E-state index contributed by atoms with van der Waals surface area (Å²) in [7, 11) is 0. The fraction of sp³-hybridized carbons (Fsp3) is 0.944. The van der Waals surface area contributed by atoms with Crippen molar-refractivity contribution < 1.29 is 4.79 Å². The molecule has 1 heterocycles. The summed E-state index contributed by atoms with van der Waals surface area (Å²) in [5, 5.41) is 0. The van der Waals surface area contributed by atoms with Gasteiger partial charge in [-0.05, 0) is 75.0 Å². The zero-order valence-electron chi connectivity index (χ0n) is 13.2. The molecule has 3 unspecified atom stereocenters. The van der Waals surface area contributed by atoms with E-state index < -0.39 is 0 Å². The molecule has 3 nitrogen and oxygen atoms in total. The molecule has 1 spiro atoms. The highest BCUT2D eigenvalue weighted by Gasteiger charge is 2.58. The lowest BCUT2D eigenvalue weighted by Crippen LogP contribution is -2.51. The quantitative estimate of drug-likeness (QED) is 0.807. The summed E-state index contributed by atoms with van der Waals surface area (Å²) < 4.78 is 0. The standard InChI is InChI=1S/C18H30N2O/c19-16-13-6-7-15(11-13)18(16)8-4-5-14(12-18)17(21)20-9-2-1-3-10-20/h13-16H,1-12,19H2/t13?,14?,15?,16-,18-/m1/s1. The molecule has 1 amide bonds. The second-order valence-electron chi connectivity index (χ2n) is 8.21. The van der Waals surface area contributed by atoms with Crippen molar-refractivity contribution in [3.63, 3.8) is 0 Å². The summed E-state index contributed by atoms with van der Waals surface area (Å²) in [6.45, 7) is 2.00.